The molecule has 2 nitrogen and oxygen atoms in total. The average molecular weight is 282 g/mol. The molecule has 1 rings (SSSR count). The fourth-order valence-electron chi connectivity index (χ4n) is 2.14. The van der Waals surface area contributed by atoms with Gasteiger partial charge in [-0.05, 0) is 31.0 Å². The van der Waals surface area contributed by atoms with Crippen molar-refractivity contribution in [3.05, 3.63) is 29.6 Å². The van der Waals surface area contributed by atoms with Gasteiger partial charge in [0.1, 0.15) is 0 Å². The van der Waals surface area contributed by atoms with Gasteiger partial charge in [-0.15, -0.1) is 0 Å². The molecule has 0 fully saturated rings. The highest BCUT2D eigenvalue weighted by molar-refractivity contribution is 5.30. The maximum Gasteiger partial charge on any atom is 0.165 e. The molecule has 114 valence electrons. The van der Waals surface area contributed by atoms with Crippen molar-refractivity contribution in [1.29, 1.82) is 0 Å². The first-order valence-electron chi connectivity index (χ1n) is 7.75. The van der Waals surface area contributed by atoms with Crippen molar-refractivity contribution >= 4 is 0 Å². The molecule has 1 aromatic rings. The minimum atomic E-state index is -0.651. The molecule has 0 aliphatic heterocycles. The van der Waals surface area contributed by atoms with Gasteiger partial charge >= 0.3 is 0 Å². The lowest BCUT2D eigenvalue weighted by atomic mass is 10.1. The zero-order valence-corrected chi connectivity index (χ0v) is 12.7. The van der Waals surface area contributed by atoms with Crippen LogP contribution in [0.5, 0.6) is 5.75 Å². The minimum Gasteiger partial charge on any atom is -0.491 e. The topological polar surface area (TPSA) is 29.5 Å². The molecular formula is C17H27FO2. The number of aliphatic hydroxyl groups excluding tert-OH is 1. The third kappa shape index (κ3) is 6.38. The number of hydrogen-bond donors (Lipinski definition) is 1. The van der Waals surface area contributed by atoms with Gasteiger partial charge in [-0.3, -0.25) is 0 Å². The molecule has 0 saturated carbocycles. The number of ether oxygens (including phenoxy) is 1. The molecule has 0 heterocycles. The molecule has 3 heteroatoms. The predicted molar refractivity (Wildman–Crippen MR) is 80.5 cm³/mol. The van der Waals surface area contributed by atoms with Gasteiger partial charge in [0, 0.05) is 0 Å². The monoisotopic (exact) mass is 282 g/mol. The molecule has 0 radical (unpaired) electrons. The molecule has 0 bridgehead atoms. The van der Waals surface area contributed by atoms with Gasteiger partial charge in [-0.1, -0.05) is 51.5 Å². The van der Waals surface area contributed by atoms with Crippen molar-refractivity contribution in [2.75, 3.05) is 6.61 Å². The van der Waals surface area contributed by atoms with Crippen molar-refractivity contribution in [2.24, 2.45) is 0 Å². The van der Waals surface area contributed by atoms with Crippen molar-refractivity contribution < 1.29 is 14.2 Å². The van der Waals surface area contributed by atoms with Crippen LogP contribution in [0.3, 0.4) is 0 Å². The number of benzene rings is 1. The Morgan fingerprint density at radius 1 is 1.10 bits per heavy atom. The summed E-state index contributed by atoms with van der Waals surface area (Å²) in [6.07, 6.45) is 7.86. The number of unbranched alkanes of at least 4 members (excludes halogenated alkanes) is 6. The summed E-state index contributed by atoms with van der Waals surface area (Å²) in [7, 11) is 0. The molecule has 0 aliphatic rings. The molecule has 0 unspecified atom stereocenters. The normalized spacial score (nSPS) is 12.4. The van der Waals surface area contributed by atoms with Gasteiger partial charge < -0.3 is 9.84 Å². The predicted octanol–water partition coefficient (Wildman–Crippen LogP) is 5.01. The van der Waals surface area contributed by atoms with E-state index in [9.17, 15) is 9.50 Å². The molecular weight excluding hydrogens is 255 g/mol. The summed E-state index contributed by atoms with van der Waals surface area (Å²) in [6, 6.07) is 4.64. The molecule has 1 aromatic carbocycles. The van der Waals surface area contributed by atoms with Crippen LogP contribution in [0.25, 0.3) is 0 Å². The largest absolute Gasteiger partial charge is 0.491 e. The Kier molecular flexibility index (Phi) is 8.28. The summed E-state index contributed by atoms with van der Waals surface area (Å²) in [6.45, 7) is 4.39. The van der Waals surface area contributed by atoms with E-state index in [2.05, 4.69) is 6.92 Å². The van der Waals surface area contributed by atoms with E-state index in [4.69, 9.17) is 4.74 Å². The molecule has 1 atom stereocenters. The van der Waals surface area contributed by atoms with Crippen LogP contribution in [0, 0.1) is 5.82 Å². The van der Waals surface area contributed by atoms with E-state index in [0.717, 1.165) is 12.8 Å². The minimum absolute atomic E-state index is 0.278. The second-order valence-corrected chi connectivity index (χ2v) is 5.34. The van der Waals surface area contributed by atoms with E-state index in [1.165, 1.54) is 38.2 Å². The van der Waals surface area contributed by atoms with Crippen LogP contribution in [0.15, 0.2) is 18.2 Å². The SMILES string of the molecule is CCCCCCCCCOc1ccc([C@H](C)O)cc1F. The van der Waals surface area contributed by atoms with Gasteiger partial charge in [0.15, 0.2) is 11.6 Å². The van der Waals surface area contributed by atoms with Crippen LogP contribution < -0.4 is 4.74 Å². The Morgan fingerprint density at radius 3 is 2.35 bits per heavy atom. The smallest absolute Gasteiger partial charge is 0.165 e. The summed E-state index contributed by atoms with van der Waals surface area (Å²) in [5, 5.41) is 9.37. The Bertz CT molecular complexity index is 377. The molecule has 1 N–H and O–H groups in total. The lowest BCUT2D eigenvalue weighted by Crippen LogP contribution is -2.00. The quantitative estimate of drug-likeness (QED) is 0.611. The van der Waals surface area contributed by atoms with Crippen molar-refractivity contribution in [3.8, 4) is 5.75 Å². The fraction of sp³-hybridized carbons (Fsp3) is 0.647. The Hall–Kier alpha value is -1.09. The van der Waals surface area contributed by atoms with E-state index in [1.807, 2.05) is 0 Å². The highest BCUT2D eigenvalue weighted by Crippen LogP contribution is 2.22. The zero-order chi connectivity index (χ0) is 14.8. The van der Waals surface area contributed by atoms with Gasteiger partial charge in [-0.2, -0.15) is 0 Å². The second-order valence-electron chi connectivity index (χ2n) is 5.34. The maximum absolute atomic E-state index is 13.7. The third-order valence-electron chi connectivity index (χ3n) is 3.44. The van der Waals surface area contributed by atoms with E-state index >= 15 is 0 Å². The first-order chi connectivity index (χ1) is 9.65. The first-order valence-corrected chi connectivity index (χ1v) is 7.75. The molecule has 0 aliphatic carbocycles. The van der Waals surface area contributed by atoms with Gasteiger partial charge in [-0.25, -0.2) is 4.39 Å². The van der Waals surface area contributed by atoms with E-state index in [0.29, 0.717) is 12.2 Å². The maximum atomic E-state index is 13.7. The summed E-state index contributed by atoms with van der Waals surface area (Å²) < 4.78 is 19.1. The van der Waals surface area contributed by atoms with E-state index < -0.39 is 11.9 Å². The summed E-state index contributed by atoms with van der Waals surface area (Å²) >= 11 is 0. The van der Waals surface area contributed by atoms with Crippen LogP contribution in [0.1, 0.15) is 70.5 Å². The highest BCUT2D eigenvalue weighted by Gasteiger charge is 2.07. The fourth-order valence-corrected chi connectivity index (χ4v) is 2.14. The summed E-state index contributed by atoms with van der Waals surface area (Å²) in [5.41, 5.74) is 0.575. The summed E-state index contributed by atoms with van der Waals surface area (Å²) in [5.74, 6) is -0.119. The average Bonchev–Trinajstić information content (AvgIpc) is 2.43. The number of rotatable bonds is 10. The molecule has 0 amide bonds. The van der Waals surface area contributed by atoms with Crippen LogP contribution >= 0.6 is 0 Å². The van der Waals surface area contributed by atoms with Crippen molar-refractivity contribution in [2.45, 2.75) is 64.9 Å². The zero-order valence-electron chi connectivity index (χ0n) is 12.7. The number of halogens is 1. The summed E-state index contributed by atoms with van der Waals surface area (Å²) in [4.78, 5) is 0. The Morgan fingerprint density at radius 2 is 1.75 bits per heavy atom. The van der Waals surface area contributed by atoms with Gasteiger partial charge in [0.2, 0.25) is 0 Å². The number of aliphatic hydroxyl groups is 1. The molecule has 0 saturated heterocycles. The lowest BCUT2D eigenvalue weighted by molar-refractivity contribution is 0.198. The van der Waals surface area contributed by atoms with Crippen LogP contribution in [-0.4, -0.2) is 11.7 Å². The first kappa shape index (κ1) is 17.0. The molecule has 20 heavy (non-hydrogen) atoms. The van der Waals surface area contributed by atoms with E-state index in [-0.39, 0.29) is 5.75 Å². The second kappa shape index (κ2) is 9.76. The Labute approximate surface area is 122 Å². The van der Waals surface area contributed by atoms with E-state index in [1.54, 1.807) is 19.1 Å². The van der Waals surface area contributed by atoms with Crippen molar-refractivity contribution in [1.82, 2.24) is 0 Å². The number of hydrogen-bond acceptors (Lipinski definition) is 2. The van der Waals surface area contributed by atoms with Crippen molar-refractivity contribution in [3.63, 3.8) is 0 Å². The van der Waals surface area contributed by atoms with Crippen LogP contribution in [-0.2, 0) is 0 Å². The molecule has 0 spiro atoms. The van der Waals surface area contributed by atoms with Gasteiger partial charge in [0.25, 0.3) is 0 Å². The van der Waals surface area contributed by atoms with Crippen LogP contribution in [0.4, 0.5) is 4.39 Å². The lowest BCUT2D eigenvalue weighted by Gasteiger charge is -2.10. The standard InChI is InChI=1S/C17H27FO2/c1-3-4-5-6-7-8-9-12-20-17-11-10-15(14(2)19)13-16(17)18/h10-11,13-14,19H,3-9,12H2,1-2H3/t14-/m0/s1. The third-order valence-corrected chi connectivity index (χ3v) is 3.44. The highest BCUT2D eigenvalue weighted by atomic mass is 19.1. The van der Waals surface area contributed by atoms with Gasteiger partial charge in [0.05, 0.1) is 12.7 Å². The Balaban J connectivity index is 2.19. The van der Waals surface area contributed by atoms with Crippen LogP contribution in [0.2, 0.25) is 0 Å². The molecule has 0 aromatic heterocycles.